The second-order valence-electron chi connectivity index (χ2n) is 6.61. The standard InChI is InChI=1S/C21H28N4/c1-14-10-15(2)12-17(11-14)13-25-21(4,24-6)19-9-7-8-18(16(3)22)20(19)23-5/h7-12,24-25H,3,5,13,22H2,1-2,4,6H3. The van der Waals surface area contributed by atoms with E-state index < -0.39 is 5.66 Å². The molecule has 0 aromatic heterocycles. The van der Waals surface area contributed by atoms with Crippen molar-refractivity contribution in [3.8, 4) is 0 Å². The quantitative estimate of drug-likeness (QED) is 0.533. The minimum atomic E-state index is -0.486. The maximum absolute atomic E-state index is 5.92. The van der Waals surface area contributed by atoms with Crippen LogP contribution in [0, 0.1) is 13.8 Å². The van der Waals surface area contributed by atoms with E-state index in [9.17, 15) is 0 Å². The Bertz CT molecular complexity index is 774. The second-order valence-corrected chi connectivity index (χ2v) is 6.61. The van der Waals surface area contributed by atoms with Crippen LogP contribution < -0.4 is 16.4 Å². The van der Waals surface area contributed by atoms with E-state index >= 15 is 0 Å². The van der Waals surface area contributed by atoms with E-state index in [4.69, 9.17) is 5.73 Å². The molecule has 1 unspecified atom stereocenters. The number of para-hydroxylation sites is 1. The van der Waals surface area contributed by atoms with Crippen molar-refractivity contribution in [2.75, 3.05) is 7.05 Å². The summed E-state index contributed by atoms with van der Waals surface area (Å²) in [7, 11) is 1.92. The van der Waals surface area contributed by atoms with Crippen LogP contribution in [0.1, 0.15) is 34.7 Å². The molecule has 2 aromatic rings. The molecule has 4 N–H and O–H groups in total. The minimum absolute atomic E-state index is 0.483. The van der Waals surface area contributed by atoms with Crippen LogP contribution in [0.2, 0.25) is 0 Å². The van der Waals surface area contributed by atoms with Crippen molar-refractivity contribution >= 4 is 18.1 Å². The summed E-state index contributed by atoms with van der Waals surface area (Å²) in [6, 6.07) is 12.5. The Morgan fingerprint density at radius 2 is 1.84 bits per heavy atom. The van der Waals surface area contributed by atoms with Crippen molar-refractivity contribution < 1.29 is 0 Å². The molecule has 0 aliphatic rings. The summed E-state index contributed by atoms with van der Waals surface area (Å²) in [5, 5.41) is 6.97. The zero-order valence-electron chi connectivity index (χ0n) is 15.6. The van der Waals surface area contributed by atoms with Gasteiger partial charge in [0.05, 0.1) is 11.4 Å². The molecule has 0 spiro atoms. The second kappa shape index (κ2) is 7.64. The van der Waals surface area contributed by atoms with Crippen molar-refractivity contribution in [1.29, 1.82) is 0 Å². The number of nitrogens with zero attached hydrogens (tertiary/aromatic N) is 1. The van der Waals surface area contributed by atoms with Gasteiger partial charge in [0.15, 0.2) is 0 Å². The van der Waals surface area contributed by atoms with Gasteiger partial charge < -0.3 is 5.73 Å². The van der Waals surface area contributed by atoms with E-state index in [1.54, 1.807) is 0 Å². The van der Waals surface area contributed by atoms with E-state index in [0.717, 1.165) is 23.4 Å². The van der Waals surface area contributed by atoms with E-state index in [-0.39, 0.29) is 0 Å². The summed E-state index contributed by atoms with van der Waals surface area (Å²) in [6.45, 7) is 14.6. The molecule has 0 aliphatic carbocycles. The smallest absolute Gasteiger partial charge is 0.0942 e. The first-order valence-corrected chi connectivity index (χ1v) is 8.37. The highest BCUT2D eigenvalue weighted by atomic mass is 15.2. The molecular formula is C21H28N4. The fourth-order valence-corrected chi connectivity index (χ4v) is 3.14. The van der Waals surface area contributed by atoms with Gasteiger partial charge in [0, 0.05) is 23.4 Å². The van der Waals surface area contributed by atoms with Gasteiger partial charge in [0.1, 0.15) is 0 Å². The maximum atomic E-state index is 5.92. The molecule has 0 saturated heterocycles. The minimum Gasteiger partial charge on any atom is -0.399 e. The van der Waals surface area contributed by atoms with E-state index in [1.165, 1.54) is 16.7 Å². The first kappa shape index (κ1) is 18.9. The molecule has 25 heavy (non-hydrogen) atoms. The Morgan fingerprint density at radius 1 is 1.20 bits per heavy atom. The fraction of sp³-hybridized carbons (Fsp3) is 0.286. The van der Waals surface area contributed by atoms with Gasteiger partial charge in [-0.3, -0.25) is 15.6 Å². The molecule has 0 aliphatic heterocycles. The molecule has 0 radical (unpaired) electrons. The molecule has 2 rings (SSSR count). The van der Waals surface area contributed by atoms with Gasteiger partial charge in [-0.05, 0) is 40.1 Å². The summed E-state index contributed by atoms with van der Waals surface area (Å²) in [5.74, 6) is 0. The van der Waals surface area contributed by atoms with Crippen LogP contribution in [0.5, 0.6) is 0 Å². The first-order chi connectivity index (χ1) is 11.8. The van der Waals surface area contributed by atoms with Gasteiger partial charge in [-0.1, -0.05) is 54.1 Å². The maximum Gasteiger partial charge on any atom is 0.0942 e. The number of nitrogens with one attached hydrogen (secondary N) is 2. The number of hydrogen-bond donors (Lipinski definition) is 3. The summed E-state index contributed by atoms with van der Waals surface area (Å²) < 4.78 is 0. The number of benzene rings is 2. The third-order valence-corrected chi connectivity index (χ3v) is 4.51. The Hall–Kier alpha value is -2.43. The van der Waals surface area contributed by atoms with Crippen LogP contribution in [-0.4, -0.2) is 13.8 Å². The van der Waals surface area contributed by atoms with Crippen LogP contribution in [0.15, 0.2) is 48.0 Å². The molecule has 4 nitrogen and oxygen atoms in total. The lowest BCUT2D eigenvalue weighted by molar-refractivity contribution is 0.309. The van der Waals surface area contributed by atoms with Crippen molar-refractivity contribution in [2.45, 2.75) is 33.0 Å². The third-order valence-electron chi connectivity index (χ3n) is 4.51. The highest BCUT2D eigenvalue weighted by molar-refractivity contribution is 5.75. The highest BCUT2D eigenvalue weighted by Gasteiger charge is 2.28. The zero-order valence-corrected chi connectivity index (χ0v) is 15.6. The molecule has 132 valence electrons. The highest BCUT2D eigenvalue weighted by Crippen LogP contribution is 2.33. The van der Waals surface area contributed by atoms with Gasteiger partial charge >= 0.3 is 0 Å². The Kier molecular flexibility index (Phi) is 5.77. The molecular weight excluding hydrogens is 308 g/mol. The molecule has 2 aromatic carbocycles. The number of rotatable bonds is 7. The van der Waals surface area contributed by atoms with Gasteiger partial charge in [-0.2, -0.15) is 0 Å². The molecule has 0 bridgehead atoms. The van der Waals surface area contributed by atoms with Gasteiger partial charge in [-0.15, -0.1) is 0 Å². The largest absolute Gasteiger partial charge is 0.399 e. The average Bonchev–Trinajstić information content (AvgIpc) is 2.58. The van der Waals surface area contributed by atoms with E-state index in [2.05, 4.69) is 67.9 Å². The molecule has 1 atom stereocenters. The third kappa shape index (κ3) is 4.16. The van der Waals surface area contributed by atoms with Crippen molar-refractivity contribution in [1.82, 2.24) is 10.6 Å². The Balaban J connectivity index is 2.38. The van der Waals surface area contributed by atoms with Crippen molar-refractivity contribution in [3.63, 3.8) is 0 Å². The van der Waals surface area contributed by atoms with E-state index in [1.807, 2.05) is 25.2 Å². The Morgan fingerprint density at radius 3 is 2.36 bits per heavy atom. The van der Waals surface area contributed by atoms with E-state index in [0.29, 0.717) is 5.70 Å². The van der Waals surface area contributed by atoms with Crippen molar-refractivity contribution in [2.24, 2.45) is 10.7 Å². The lowest BCUT2D eigenvalue weighted by atomic mass is 9.95. The lowest BCUT2D eigenvalue weighted by Gasteiger charge is -2.33. The SMILES string of the molecule is C=Nc1c(C(=C)N)cccc1C(C)(NC)NCc1cc(C)cc(C)c1. The summed E-state index contributed by atoms with van der Waals surface area (Å²) in [4.78, 5) is 4.22. The molecule has 0 saturated carbocycles. The first-order valence-electron chi connectivity index (χ1n) is 8.37. The van der Waals surface area contributed by atoms with Crippen LogP contribution in [0.3, 0.4) is 0 Å². The molecule has 0 amide bonds. The predicted molar refractivity (Wildman–Crippen MR) is 108 cm³/mol. The average molecular weight is 336 g/mol. The monoisotopic (exact) mass is 336 g/mol. The number of aliphatic imine (C=N–C) groups is 1. The molecule has 0 heterocycles. The van der Waals surface area contributed by atoms with Crippen LogP contribution in [0.25, 0.3) is 5.70 Å². The molecule has 4 heteroatoms. The topological polar surface area (TPSA) is 62.4 Å². The number of hydrogen-bond acceptors (Lipinski definition) is 4. The number of nitrogens with two attached hydrogens (primary N) is 1. The summed E-state index contributed by atoms with van der Waals surface area (Å²) in [6.07, 6.45) is 0. The predicted octanol–water partition coefficient (Wildman–Crippen LogP) is 3.75. The van der Waals surface area contributed by atoms with Crippen molar-refractivity contribution in [3.05, 3.63) is 70.8 Å². The van der Waals surface area contributed by atoms with Crippen LogP contribution >= 0.6 is 0 Å². The van der Waals surface area contributed by atoms with Gasteiger partial charge in [-0.25, -0.2) is 0 Å². The van der Waals surface area contributed by atoms with Crippen LogP contribution in [0.4, 0.5) is 5.69 Å². The Labute approximate surface area is 150 Å². The van der Waals surface area contributed by atoms with Crippen LogP contribution in [-0.2, 0) is 12.2 Å². The zero-order chi connectivity index (χ0) is 18.6. The summed E-state index contributed by atoms with van der Waals surface area (Å²) in [5.41, 5.74) is 12.2. The number of aryl methyl sites for hydroxylation is 2. The van der Waals surface area contributed by atoms with Gasteiger partial charge in [0.2, 0.25) is 0 Å². The fourth-order valence-electron chi connectivity index (χ4n) is 3.14. The van der Waals surface area contributed by atoms with Gasteiger partial charge in [0.25, 0.3) is 0 Å². The lowest BCUT2D eigenvalue weighted by Crippen LogP contribution is -2.49. The summed E-state index contributed by atoms with van der Waals surface area (Å²) >= 11 is 0. The molecule has 0 fully saturated rings. The normalized spacial score (nSPS) is 13.3.